The van der Waals surface area contributed by atoms with Crippen molar-refractivity contribution in [2.24, 2.45) is 17.8 Å². The minimum atomic E-state index is 0.154. The molecule has 182 valence electrons. The molecule has 2 N–H and O–H groups in total. The molecular weight excluding hydrogens is 448 g/mol. The van der Waals surface area contributed by atoms with Gasteiger partial charge in [0, 0.05) is 23.7 Å². The Balaban J connectivity index is 1.20. The van der Waals surface area contributed by atoms with Gasteiger partial charge >= 0.3 is 0 Å². The predicted molar refractivity (Wildman–Crippen MR) is 128 cm³/mol. The molecule has 4 fully saturated rings. The minimum absolute atomic E-state index is 0.154. The van der Waals surface area contributed by atoms with E-state index in [1.54, 1.807) is 27.7 Å². The lowest BCUT2D eigenvalue weighted by Gasteiger charge is -2.24. The van der Waals surface area contributed by atoms with E-state index in [9.17, 15) is 5.11 Å². The molecule has 10 nitrogen and oxygen atoms in total. The lowest BCUT2D eigenvalue weighted by molar-refractivity contribution is 0.259. The zero-order valence-electron chi connectivity index (χ0n) is 19.9. The number of aliphatic hydroxyl groups is 1. The van der Waals surface area contributed by atoms with Gasteiger partial charge in [-0.15, -0.1) is 0 Å². The third-order valence-corrected chi connectivity index (χ3v) is 8.08. The molecule has 0 radical (unpaired) electrons. The van der Waals surface area contributed by atoms with Crippen LogP contribution in [0.4, 0.5) is 17.6 Å². The number of imidazole rings is 1. The van der Waals surface area contributed by atoms with Crippen LogP contribution in [0, 0.1) is 17.8 Å². The van der Waals surface area contributed by atoms with Gasteiger partial charge in [-0.3, -0.25) is 0 Å². The van der Waals surface area contributed by atoms with Crippen LogP contribution >= 0.6 is 0 Å². The van der Waals surface area contributed by atoms with E-state index in [1.807, 2.05) is 22.9 Å². The summed E-state index contributed by atoms with van der Waals surface area (Å²) >= 11 is 0. The second kappa shape index (κ2) is 7.48. The highest BCUT2D eigenvalue weighted by atomic mass is 16.5. The first-order chi connectivity index (χ1) is 17.2. The highest BCUT2D eigenvalue weighted by Crippen LogP contribution is 2.78. The second-order valence-electron chi connectivity index (χ2n) is 9.71. The summed E-state index contributed by atoms with van der Waals surface area (Å²) in [6.07, 6.45) is 6.63. The molecule has 3 unspecified atom stereocenters. The summed E-state index contributed by atoms with van der Waals surface area (Å²) in [5.74, 6) is 6.07. The Hall–Kier alpha value is -3.53. The van der Waals surface area contributed by atoms with Crippen LogP contribution in [0.5, 0.6) is 17.2 Å². The van der Waals surface area contributed by atoms with Gasteiger partial charge in [0.05, 0.1) is 51.6 Å². The van der Waals surface area contributed by atoms with Crippen LogP contribution in [0.2, 0.25) is 0 Å². The highest BCUT2D eigenvalue weighted by molar-refractivity contribution is 5.64. The van der Waals surface area contributed by atoms with Crippen molar-refractivity contribution in [1.82, 2.24) is 19.5 Å². The van der Waals surface area contributed by atoms with E-state index < -0.39 is 0 Å². The number of piperidine rings is 1. The zero-order chi connectivity index (χ0) is 23.8. The van der Waals surface area contributed by atoms with Crippen molar-refractivity contribution in [2.45, 2.75) is 31.3 Å². The SMILES string of the molecule is COc1cc(-n2cnc(Nc3nc(N4C5C6C([C@@H]65)[C@H]4CO)nc4c3CCC4)c2)cc(OC)c1OC. The molecule has 2 saturated carbocycles. The van der Waals surface area contributed by atoms with Gasteiger partial charge in [0.25, 0.3) is 0 Å². The van der Waals surface area contributed by atoms with Crippen molar-refractivity contribution in [3.8, 4) is 22.9 Å². The third-order valence-electron chi connectivity index (χ3n) is 8.08. The van der Waals surface area contributed by atoms with Gasteiger partial charge in [-0.05, 0) is 37.0 Å². The van der Waals surface area contributed by atoms with Crippen LogP contribution in [0.1, 0.15) is 17.7 Å². The molecule has 3 aromatic rings. The van der Waals surface area contributed by atoms with Crippen LogP contribution in [0.15, 0.2) is 24.7 Å². The number of benzene rings is 1. The maximum absolute atomic E-state index is 9.97. The number of aryl methyl sites for hydroxylation is 1. The fourth-order valence-electron chi connectivity index (χ4n) is 6.32. The summed E-state index contributed by atoms with van der Waals surface area (Å²) < 4.78 is 18.3. The van der Waals surface area contributed by atoms with Crippen molar-refractivity contribution >= 4 is 17.6 Å². The Morgan fingerprint density at radius 2 is 1.80 bits per heavy atom. The number of rotatable bonds is 8. The van der Waals surface area contributed by atoms with Gasteiger partial charge in [0.15, 0.2) is 11.5 Å². The molecule has 8 rings (SSSR count). The Morgan fingerprint density at radius 3 is 2.49 bits per heavy atom. The average Bonchev–Trinajstić information content (AvgIpc) is 3.42. The van der Waals surface area contributed by atoms with Crippen LogP contribution in [0.25, 0.3) is 5.69 Å². The van der Waals surface area contributed by atoms with Gasteiger partial charge in [-0.1, -0.05) is 0 Å². The number of hydrogen-bond donors (Lipinski definition) is 2. The number of aliphatic hydroxyl groups excluding tert-OH is 1. The van der Waals surface area contributed by atoms with E-state index >= 15 is 0 Å². The van der Waals surface area contributed by atoms with Crippen LogP contribution in [-0.2, 0) is 12.8 Å². The van der Waals surface area contributed by atoms with Crippen molar-refractivity contribution < 1.29 is 19.3 Å². The Kier molecular flexibility index (Phi) is 4.45. The smallest absolute Gasteiger partial charge is 0.228 e. The maximum Gasteiger partial charge on any atom is 0.228 e. The predicted octanol–water partition coefficient (Wildman–Crippen LogP) is 2.35. The van der Waals surface area contributed by atoms with E-state index in [-0.39, 0.29) is 12.6 Å². The Morgan fingerprint density at radius 1 is 1.03 bits per heavy atom. The monoisotopic (exact) mass is 476 g/mol. The molecule has 10 heteroatoms. The first-order valence-corrected chi connectivity index (χ1v) is 12.1. The molecule has 35 heavy (non-hydrogen) atoms. The summed E-state index contributed by atoms with van der Waals surface area (Å²) in [4.78, 5) is 16.7. The number of anilines is 3. The molecule has 5 atom stereocenters. The van der Waals surface area contributed by atoms with E-state index in [2.05, 4.69) is 15.2 Å². The normalized spacial score (nSPS) is 26.9. The average molecular weight is 477 g/mol. The summed E-state index contributed by atoms with van der Waals surface area (Å²) in [7, 11) is 4.79. The van der Waals surface area contributed by atoms with E-state index in [1.165, 1.54) is 0 Å². The van der Waals surface area contributed by atoms with Gasteiger partial charge in [0.1, 0.15) is 18.0 Å². The summed E-state index contributed by atoms with van der Waals surface area (Å²) in [6, 6.07) is 4.43. The number of fused-ring (bicyclic) bond motifs is 2. The van der Waals surface area contributed by atoms with Gasteiger partial charge in [-0.25, -0.2) is 9.97 Å². The molecule has 3 aliphatic carbocycles. The van der Waals surface area contributed by atoms with E-state index in [4.69, 9.17) is 24.2 Å². The Labute approximate surface area is 202 Å². The van der Waals surface area contributed by atoms with Crippen molar-refractivity contribution in [3.63, 3.8) is 0 Å². The molecule has 0 amide bonds. The van der Waals surface area contributed by atoms with Gasteiger partial charge in [-0.2, -0.15) is 4.98 Å². The summed E-state index contributed by atoms with van der Waals surface area (Å²) in [5.41, 5.74) is 3.10. The van der Waals surface area contributed by atoms with Crippen LogP contribution in [-0.4, -0.2) is 64.6 Å². The standard InChI is InChI=1S/C25H28N6O4/c1-33-16-7-12(8-17(34-2)23(16)35-3)30-9-18(26-11-30)28-24-13-5-4-6-14(13)27-25(29-24)31-15(10-32)19-20-21(19)22(20)31/h7-9,11,15,19-22,32H,4-6,10H2,1-3H3,(H,27,28,29)/t15-,19?,20+,21?,22?/m1/s1. The van der Waals surface area contributed by atoms with E-state index in [0.717, 1.165) is 59.8 Å². The van der Waals surface area contributed by atoms with Crippen molar-refractivity contribution in [3.05, 3.63) is 35.9 Å². The molecule has 2 aliphatic heterocycles. The largest absolute Gasteiger partial charge is 0.493 e. The first kappa shape index (κ1) is 20.8. The van der Waals surface area contributed by atoms with E-state index in [0.29, 0.717) is 35.0 Å². The molecule has 2 saturated heterocycles. The molecule has 1 aromatic carbocycles. The first-order valence-electron chi connectivity index (χ1n) is 12.1. The molecule has 0 spiro atoms. The zero-order valence-corrected chi connectivity index (χ0v) is 19.9. The lowest BCUT2D eigenvalue weighted by Crippen LogP contribution is -2.34. The minimum Gasteiger partial charge on any atom is -0.493 e. The maximum atomic E-state index is 9.97. The summed E-state index contributed by atoms with van der Waals surface area (Å²) in [5, 5.41) is 13.4. The van der Waals surface area contributed by atoms with Crippen molar-refractivity contribution in [2.75, 3.05) is 38.2 Å². The van der Waals surface area contributed by atoms with Crippen LogP contribution < -0.4 is 24.4 Å². The van der Waals surface area contributed by atoms with Gasteiger partial charge < -0.3 is 34.1 Å². The van der Waals surface area contributed by atoms with Crippen molar-refractivity contribution in [1.29, 1.82) is 0 Å². The molecule has 2 bridgehead atoms. The molecule has 5 aliphatic rings. The number of hydrogen-bond acceptors (Lipinski definition) is 9. The Bertz CT molecular complexity index is 1290. The third kappa shape index (κ3) is 2.95. The van der Waals surface area contributed by atoms with Crippen LogP contribution in [0.3, 0.4) is 0 Å². The molecule has 4 heterocycles. The topological polar surface area (TPSA) is 107 Å². The number of methoxy groups -OCH3 is 3. The molecule has 2 aromatic heterocycles. The molecular formula is C25H28N6O4. The van der Waals surface area contributed by atoms with Gasteiger partial charge in [0.2, 0.25) is 11.7 Å². The number of nitrogens with one attached hydrogen (secondary N) is 1. The fraction of sp³-hybridized carbons (Fsp3) is 0.480. The second-order valence-corrected chi connectivity index (χ2v) is 9.71. The highest BCUT2D eigenvalue weighted by Gasteiger charge is 2.84. The summed E-state index contributed by atoms with van der Waals surface area (Å²) in [6.45, 7) is 0.163. The number of aromatic nitrogens is 4. The number of ether oxygens (including phenoxy) is 3. The fourth-order valence-corrected chi connectivity index (χ4v) is 6.32. The lowest BCUT2D eigenvalue weighted by atomic mass is 10.1. The quantitative estimate of drug-likeness (QED) is 0.507. The number of nitrogens with zero attached hydrogens (tertiary/aromatic N) is 5.